The molecule has 3 rings (SSSR count). The van der Waals surface area contributed by atoms with Gasteiger partial charge in [0.1, 0.15) is 0 Å². The van der Waals surface area contributed by atoms with Crippen molar-refractivity contribution in [3.8, 4) is 0 Å². The summed E-state index contributed by atoms with van der Waals surface area (Å²) in [6.07, 6.45) is 2.61. The number of carbonyl (C=O) groups excluding carboxylic acids is 2. The van der Waals surface area contributed by atoms with E-state index < -0.39 is 0 Å². The minimum absolute atomic E-state index is 0.102. The number of nitrogens with one attached hydrogen (secondary N) is 1. The van der Waals surface area contributed by atoms with Gasteiger partial charge < -0.3 is 10.2 Å². The summed E-state index contributed by atoms with van der Waals surface area (Å²) in [6, 6.07) is 15.3. The number of aryl methyl sites for hydroxylation is 1. The second-order valence-corrected chi connectivity index (χ2v) is 6.16. The number of anilines is 1. The molecule has 2 amide bonds. The molecule has 24 heavy (non-hydrogen) atoms. The fourth-order valence-electron chi connectivity index (χ4n) is 2.96. The number of piperidine rings is 1. The molecule has 0 bridgehead atoms. The molecular weight excluding hydrogens is 300 g/mol. The van der Waals surface area contributed by atoms with Gasteiger partial charge in [0.25, 0.3) is 5.91 Å². The lowest BCUT2D eigenvalue weighted by molar-refractivity contribution is -0.119. The lowest BCUT2D eigenvalue weighted by Gasteiger charge is -2.26. The van der Waals surface area contributed by atoms with Crippen molar-refractivity contribution in [3.05, 3.63) is 65.2 Å². The molecule has 0 spiro atoms. The van der Waals surface area contributed by atoms with E-state index in [1.54, 1.807) is 17.0 Å². The van der Waals surface area contributed by atoms with Crippen LogP contribution in [0, 0.1) is 6.92 Å². The van der Waals surface area contributed by atoms with E-state index in [1.807, 2.05) is 43.3 Å². The zero-order valence-electron chi connectivity index (χ0n) is 13.9. The van der Waals surface area contributed by atoms with Crippen LogP contribution in [0.4, 0.5) is 5.69 Å². The molecule has 1 saturated heterocycles. The number of hydrogen-bond donors (Lipinski definition) is 1. The summed E-state index contributed by atoms with van der Waals surface area (Å²) in [7, 11) is 0. The molecule has 0 aliphatic carbocycles. The first-order valence-electron chi connectivity index (χ1n) is 8.38. The van der Waals surface area contributed by atoms with Gasteiger partial charge in [0.05, 0.1) is 0 Å². The minimum Gasteiger partial charge on any atom is -0.348 e. The van der Waals surface area contributed by atoms with E-state index in [9.17, 15) is 9.59 Å². The molecule has 1 aliphatic heterocycles. The van der Waals surface area contributed by atoms with E-state index >= 15 is 0 Å². The molecule has 0 unspecified atom stereocenters. The third-order valence-electron chi connectivity index (χ3n) is 4.47. The predicted molar refractivity (Wildman–Crippen MR) is 95.0 cm³/mol. The Labute approximate surface area is 142 Å². The maximum Gasteiger partial charge on any atom is 0.251 e. The van der Waals surface area contributed by atoms with Crippen LogP contribution in [-0.2, 0) is 11.3 Å². The molecule has 0 atom stereocenters. The fraction of sp³-hybridized carbons (Fsp3) is 0.300. The molecule has 1 N–H and O–H groups in total. The molecule has 2 aromatic rings. The Morgan fingerprint density at radius 3 is 2.54 bits per heavy atom. The van der Waals surface area contributed by atoms with Crippen molar-refractivity contribution in [2.75, 3.05) is 11.4 Å². The second-order valence-electron chi connectivity index (χ2n) is 6.16. The Balaban J connectivity index is 1.63. The highest BCUT2D eigenvalue weighted by Crippen LogP contribution is 2.21. The number of benzene rings is 2. The van der Waals surface area contributed by atoms with E-state index in [1.165, 1.54) is 0 Å². The largest absolute Gasteiger partial charge is 0.348 e. The van der Waals surface area contributed by atoms with Crippen LogP contribution in [-0.4, -0.2) is 18.4 Å². The third kappa shape index (κ3) is 3.65. The Hall–Kier alpha value is -2.62. The molecule has 4 heteroatoms. The normalized spacial score (nSPS) is 14.5. The van der Waals surface area contributed by atoms with E-state index in [0.29, 0.717) is 18.5 Å². The summed E-state index contributed by atoms with van der Waals surface area (Å²) in [4.78, 5) is 26.0. The monoisotopic (exact) mass is 322 g/mol. The van der Waals surface area contributed by atoms with Crippen LogP contribution in [0.15, 0.2) is 48.5 Å². The second kappa shape index (κ2) is 7.30. The van der Waals surface area contributed by atoms with Gasteiger partial charge in [0.15, 0.2) is 0 Å². The maximum absolute atomic E-state index is 12.3. The smallest absolute Gasteiger partial charge is 0.251 e. The molecule has 4 nitrogen and oxygen atoms in total. The van der Waals surface area contributed by atoms with Crippen LogP contribution in [0.1, 0.15) is 40.7 Å². The molecule has 2 aromatic carbocycles. The summed E-state index contributed by atoms with van der Waals surface area (Å²) in [6.45, 7) is 3.31. The highest BCUT2D eigenvalue weighted by molar-refractivity contribution is 5.96. The molecule has 0 radical (unpaired) electrons. The van der Waals surface area contributed by atoms with Crippen molar-refractivity contribution >= 4 is 17.5 Å². The lowest BCUT2D eigenvalue weighted by atomic mass is 10.1. The first-order valence-corrected chi connectivity index (χ1v) is 8.38. The van der Waals surface area contributed by atoms with Gasteiger partial charge >= 0.3 is 0 Å². The predicted octanol–water partition coefficient (Wildman–Crippen LogP) is 3.44. The van der Waals surface area contributed by atoms with Gasteiger partial charge in [-0.2, -0.15) is 0 Å². The van der Waals surface area contributed by atoms with Crippen LogP contribution in [0.25, 0.3) is 0 Å². The van der Waals surface area contributed by atoms with Gasteiger partial charge in [-0.1, -0.05) is 24.3 Å². The molecule has 0 saturated carbocycles. The average molecular weight is 322 g/mol. The fourth-order valence-corrected chi connectivity index (χ4v) is 2.96. The van der Waals surface area contributed by atoms with Gasteiger partial charge in [0, 0.05) is 30.8 Å². The van der Waals surface area contributed by atoms with E-state index in [-0.39, 0.29) is 11.8 Å². The van der Waals surface area contributed by atoms with Crippen molar-refractivity contribution in [2.45, 2.75) is 32.7 Å². The van der Waals surface area contributed by atoms with Gasteiger partial charge in [-0.25, -0.2) is 0 Å². The van der Waals surface area contributed by atoms with Gasteiger partial charge in [0.2, 0.25) is 5.91 Å². The SMILES string of the molecule is Cc1ccccc1CNC(=O)c1ccc(N2CCCCC2=O)cc1. The highest BCUT2D eigenvalue weighted by Gasteiger charge is 2.19. The molecule has 1 fully saturated rings. The van der Waals surface area contributed by atoms with Crippen LogP contribution >= 0.6 is 0 Å². The summed E-state index contributed by atoms with van der Waals surface area (Å²) >= 11 is 0. The lowest BCUT2D eigenvalue weighted by Crippen LogP contribution is -2.35. The summed E-state index contributed by atoms with van der Waals surface area (Å²) in [5.41, 5.74) is 3.75. The first-order chi connectivity index (χ1) is 11.6. The summed E-state index contributed by atoms with van der Waals surface area (Å²) in [5, 5.41) is 2.94. The molecule has 0 aromatic heterocycles. The van der Waals surface area contributed by atoms with Crippen LogP contribution in [0.2, 0.25) is 0 Å². The first kappa shape index (κ1) is 16.2. The summed E-state index contributed by atoms with van der Waals surface area (Å²) in [5.74, 6) is 0.0628. The molecular formula is C20H22N2O2. The quantitative estimate of drug-likeness (QED) is 0.937. The number of amides is 2. The maximum atomic E-state index is 12.3. The van der Waals surface area contributed by atoms with Crippen LogP contribution < -0.4 is 10.2 Å². The Bertz CT molecular complexity index is 738. The minimum atomic E-state index is -0.102. The van der Waals surface area contributed by atoms with Crippen molar-refractivity contribution in [1.29, 1.82) is 0 Å². The molecule has 1 aliphatic rings. The van der Waals surface area contributed by atoms with Crippen molar-refractivity contribution < 1.29 is 9.59 Å². The summed E-state index contributed by atoms with van der Waals surface area (Å²) < 4.78 is 0. The van der Waals surface area contributed by atoms with E-state index in [0.717, 1.165) is 36.2 Å². The number of carbonyl (C=O) groups is 2. The zero-order chi connectivity index (χ0) is 16.9. The highest BCUT2D eigenvalue weighted by atomic mass is 16.2. The van der Waals surface area contributed by atoms with E-state index in [4.69, 9.17) is 0 Å². The molecule has 124 valence electrons. The van der Waals surface area contributed by atoms with Gasteiger partial charge in [-0.15, -0.1) is 0 Å². The standard InChI is InChI=1S/C20H22N2O2/c1-15-6-2-3-7-17(15)14-21-20(24)16-9-11-18(12-10-16)22-13-5-4-8-19(22)23/h2-3,6-7,9-12H,4-5,8,13-14H2,1H3,(H,21,24). The number of rotatable bonds is 4. The van der Waals surface area contributed by atoms with Crippen LogP contribution in [0.3, 0.4) is 0 Å². The van der Waals surface area contributed by atoms with Gasteiger partial charge in [-0.05, 0) is 55.2 Å². The average Bonchev–Trinajstić information content (AvgIpc) is 2.61. The Kier molecular flexibility index (Phi) is 4.94. The van der Waals surface area contributed by atoms with Crippen LogP contribution in [0.5, 0.6) is 0 Å². The van der Waals surface area contributed by atoms with E-state index in [2.05, 4.69) is 5.32 Å². The van der Waals surface area contributed by atoms with Crippen molar-refractivity contribution in [2.24, 2.45) is 0 Å². The Morgan fingerprint density at radius 1 is 1.08 bits per heavy atom. The topological polar surface area (TPSA) is 49.4 Å². The Morgan fingerprint density at radius 2 is 1.83 bits per heavy atom. The van der Waals surface area contributed by atoms with Crippen molar-refractivity contribution in [3.63, 3.8) is 0 Å². The van der Waals surface area contributed by atoms with Crippen molar-refractivity contribution in [1.82, 2.24) is 5.32 Å². The third-order valence-corrected chi connectivity index (χ3v) is 4.47. The number of nitrogens with zero attached hydrogens (tertiary/aromatic N) is 1. The molecule has 1 heterocycles. The zero-order valence-corrected chi connectivity index (χ0v) is 13.9. The van der Waals surface area contributed by atoms with Gasteiger partial charge in [-0.3, -0.25) is 9.59 Å². The number of hydrogen-bond acceptors (Lipinski definition) is 2.